The maximum absolute atomic E-state index is 12.0. The third-order valence-corrected chi connectivity index (χ3v) is 3.66. The zero-order valence-electron chi connectivity index (χ0n) is 9.59. The molecular weight excluding hydrogens is 222 g/mol. The first kappa shape index (κ1) is 11.4. The van der Waals surface area contributed by atoms with E-state index >= 15 is 0 Å². The first-order valence-corrected chi connectivity index (χ1v) is 6.33. The van der Waals surface area contributed by atoms with Crippen LogP contribution < -0.4 is 16.4 Å². The van der Waals surface area contributed by atoms with Crippen molar-refractivity contribution in [1.29, 1.82) is 0 Å². The average molecular weight is 239 g/mol. The van der Waals surface area contributed by atoms with Gasteiger partial charge in [0, 0.05) is 17.5 Å². The Kier molecular flexibility index (Phi) is 3.16. The van der Waals surface area contributed by atoms with Crippen molar-refractivity contribution in [1.82, 2.24) is 10.6 Å². The van der Waals surface area contributed by atoms with Crippen LogP contribution in [0.25, 0.3) is 0 Å². The number of anilines is 1. The van der Waals surface area contributed by atoms with Crippen LogP contribution in [0.5, 0.6) is 0 Å². The summed E-state index contributed by atoms with van der Waals surface area (Å²) < 4.78 is 0. The number of hydrogen-bond acceptors (Lipinski definition) is 4. The molecule has 1 aliphatic rings. The summed E-state index contributed by atoms with van der Waals surface area (Å²) in [7, 11) is 0. The summed E-state index contributed by atoms with van der Waals surface area (Å²) in [6.45, 7) is 5.66. The van der Waals surface area contributed by atoms with E-state index in [-0.39, 0.29) is 11.9 Å². The Morgan fingerprint density at radius 1 is 1.56 bits per heavy atom. The van der Waals surface area contributed by atoms with Crippen LogP contribution >= 0.6 is 11.3 Å². The van der Waals surface area contributed by atoms with Gasteiger partial charge in [-0.15, -0.1) is 11.3 Å². The van der Waals surface area contributed by atoms with E-state index in [0.29, 0.717) is 10.6 Å². The van der Waals surface area contributed by atoms with Crippen molar-refractivity contribution in [3.8, 4) is 0 Å². The monoisotopic (exact) mass is 239 g/mol. The fraction of sp³-hybridized carbons (Fsp3) is 0.545. The lowest BCUT2D eigenvalue weighted by atomic mass is 10.0. The third-order valence-electron chi connectivity index (χ3n) is 2.60. The summed E-state index contributed by atoms with van der Waals surface area (Å²) >= 11 is 1.53. The minimum absolute atomic E-state index is 0.0353. The van der Waals surface area contributed by atoms with Gasteiger partial charge in [0.25, 0.3) is 5.91 Å². The Balaban J connectivity index is 2.32. The van der Waals surface area contributed by atoms with Gasteiger partial charge in [-0.05, 0) is 32.4 Å². The standard InChI is InChI=1S/C11H17N3OS/c1-6(2)14-11(15)9-7-3-4-13-5-8(7)16-10(9)12/h6,13H,3-5,12H2,1-2H3,(H,14,15). The normalized spacial score (nSPS) is 14.9. The predicted molar refractivity (Wildman–Crippen MR) is 66.7 cm³/mol. The summed E-state index contributed by atoms with van der Waals surface area (Å²) in [5, 5.41) is 6.83. The molecule has 0 saturated heterocycles. The highest BCUT2D eigenvalue weighted by atomic mass is 32.1. The Morgan fingerprint density at radius 3 is 3.00 bits per heavy atom. The fourth-order valence-electron chi connectivity index (χ4n) is 1.94. The van der Waals surface area contributed by atoms with E-state index in [9.17, 15) is 4.79 Å². The summed E-state index contributed by atoms with van der Waals surface area (Å²) in [5.41, 5.74) is 7.77. The molecule has 4 nitrogen and oxygen atoms in total. The number of hydrogen-bond donors (Lipinski definition) is 3. The van der Waals surface area contributed by atoms with E-state index in [0.717, 1.165) is 25.1 Å². The Morgan fingerprint density at radius 2 is 2.31 bits per heavy atom. The number of nitrogens with one attached hydrogen (secondary N) is 2. The highest BCUT2D eigenvalue weighted by Gasteiger charge is 2.23. The first-order valence-electron chi connectivity index (χ1n) is 5.51. The van der Waals surface area contributed by atoms with Crippen LogP contribution in [-0.4, -0.2) is 18.5 Å². The zero-order chi connectivity index (χ0) is 11.7. The number of thiophene rings is 1. The molecule has 0 aliphatic carbocycles. The Hall–Kier alpha value is -1.07. The highest BCUT2D eigenvalue weighted by molar-refractivity contribution is 7.16. The molecule has 88 valence electrons. The molecule has 2 heterocycles. The second-order valence-corrected chi connectivity index (χ2v) is 5.43. The number of carbonyl (C=O) groups is 1. The zero-order valence-corrected chi connectivity index (χ0v) is 10.4. The molecule has 2 rings (SSSR count). The Bertz CT molecular complexity index is 412. The van der Waals surface area contributed by atoms with Crippen LogP contribution in [-0.2, 0) is 13.0 Å². The molecule has 0 saturated carbocycles. The van der Waals surface area contributed by atoms with Crippen LogP contribution in [0.3, 0.4) is 0 Å². The van der Waals surface area contributed by atoms with Crippen LogP contribution in [0, 0.1) is 0 Å². The number of nitrogens with two attached hydrogens (primary N) is 1. The molecule has 0 bridgehead atoms. The molecule has 0 unspecified atom stereocenters. The van der Waals surface area contributed by atoms with E-state index < -0.39 is 0 Å². The van der Waals surface area contributed by atoms with E-state index in [1.54, 1.807) is 0 Å². The molecule has 5 heteroatoms. The van der Waals surface area contributed by atoms with Crippen molar-refractivity contribution in [2.24, 2.45) is 0 Å². The van der Waals surface area contributed by atoms with Crippen LogP contribution in [0.2, 0.25) is 0 Å². The SMILES string of the molecule is CC(C)NC(=O)c1c(N)sc2c1CCNC2. The van der Waals surface area contributed by atoms with Crippen molar-refractivity contribution in [2.45, 2.75) is 32.9 Å². The summed E-state index contributed by atoms with van der Waals surface area (Å²) in [5.74, 6) is -0.0353. The first-order chi connectivity index (χ1) is 7.59. The van der Waals surface area contributed by atoms with Gasteiger partial charge in [0.2, 0.25) is 0 Å². The molecule has 4 N–H and O–H groups in total. The number of amides is 1. The molecule has 16 heavy (non-hydrogen) atoms. The maximum Gasteiger partial charge on any atom is 0.254 e. The van der Waals surface area contributed by atoms with Gasteiger partial charge in [-0.1, -0.05) is 0 Å². The molecule has 1 amide bonds. The van der Waals surface area contributed by atoms with Crippen molar-refractivity contribution in [3.05, 3.63) is 16.0 Å². The predicted octanol–water partition coefficient (Wildman–Crippen LogP) is 1.11. The van der Waals surface area contributed by atoms with Crippen molar-refractivity contribution in [2.75, 3.05) is 12.3 Å². The lowest BCUT2D eigenvalue weighted by Crippen LogP contribution is -2.32. The lowest BCUT2D eigenvalue weighted by Gasteiger charge is -2.15. The highest BCUT2D eigenvalue weighted by Crippen LogP contribution is 2.32. The summed E-state index contributed by atoms with van der Waals surface area (Å²) in [6, 6.07) is 0.143. The smallest absolute Gasteiger partial charge is 0.254 e. The van der Waals surface area contributed by atoms with Gasteiger partial charge in [-0.25, -0.2) is 0 Å². The average Bonchev–Trinajstić information content (AvgIpc) is 2.52. The minimum atomic E-state index is -0.0353. The van der Waals surface area contributed by atoms with E-state index in [2.05, 4.69) is 10.6 Å². The van der Waals surface area contributed by atoms with Crippen LogP contribution in [0.4, 0.5) is 5.00 Å². The van der Waals surface area contributed by atoms with Gasteiger partial charge >= 0.3 is 0 Å². The van der Waals surface area contributed by atoms with Gasteiger partial charge in [0.15, 0.2) is 0 Å². The van der Waals surface area contributed by atoms with E-state index in [1.165, 1.54) is 16.2 Å². The van der Waals surface area contributed by atoms with Crippen LogP contribution in [0.1, 0.15) is 34.6 Å². The molecule has 1 aromatic rings. The van der Waals surface area contributed by atoms with Crippen molar-refractivity contribution < 1.29 is 4.79 Å². The summed E-state index contributed by atoms with van der Waals surface area (Å²) in [6.07, 6.45) is 0.893. The largest absolute Gasteiger partial charge is 0.390 e. The maximum atomic E-state index is 12.0. The number of carbonyl (C=O) groups excluding carboxylic acids is 1. The number of rotatable bonds is 2. The van der Waals surface area contributed by atoms with Crippen molar-refractivity contribution in [3.63, 3.8) is 0 Å². The van der Waals surface area contributed by atoms with E-state index in [4.69, 9.17) is 5.73 Å². The Labute approximate surface area is 99.2 Å². The van der Waals surface area contributed by atoms with Gasteiger partial charge in [-0.2, -0.15) is 0 Å². The second kappa shape index (κ2) is 4.43. The van der Waals surface area contributed by atoms with Gasteiger partial charge in [0.1, 0.15) is 0 Å². The van der Waals surface area contributed by atoms with Gasteiger partial charge in [-0.3, -0.25) is 4.79 Å². The van der Waals surface area contributed by atoms with Crippen molar-refractivity contribution >= 4 is 22.2 Å². The second-order valence-electron chi connectivity index (χ2n) is 4.30. The van der Waals surface area contributed by atoms with Crippen LogP contribution in [0.15, 0.2) is 0 Å². The molecular formula is C11H17N3OS. The fourth-order valence-corrected chi connectivity index (χ4v) is 3.02. The van der Waals surface area contributed by atoms with E-state index in [1.807, 2.05) is 13.8 Å². The molecule has 0 fully saturated rings. The van der Waals surface area contributed by atoms with Gasteiger partial charge < -0.3 is 16.4 Å². The molecule has 0 atom stereocenters. The number of nitrogen functional groups attached to an aromatic ring is 1. The number of fused-ring (bicyclic) bond motifs is 1. The topological polar surface area (TPSA) is 67.2 Å². The molecule has 0 radical (unpaired) electrons. The molecule has 1 aromatic heterocycles. The minimum Gasteiger partial charge on any atom is -0.390 e. The van der Waals surface area contributed by atoms with Gasteiger partial charge in [0.05, 0.1) is 10.6 Å². The lowest BCUT2D eigenvalue weighted by molar-refractivity contribution is 0.0943. The quantitative estimate of drug-likeness (QED) is 0.724. The molecule has 0 aromatic carbocycles. The third kappa shape index (κ3) is 2.05. The summed E-state index contributed by atoms with van der Waals surface area (Å²) in [4.78, 5) is 13.2. The molecule has 0 spiro atoms. The molecule has 1 aliphatic heterocycles.